The fourth-order valence-corrected chi connectivity index (χ4v) is 0. The van der Waals surface area contributed by atoms with E-state index >= 15 is 0 Å². The summed E-state index contributed by atoms with van der Waals surface area (Å²) in [6.45, 7) is 1.68. The zero-order valence-corrected chi connectivity index (χ0v) is 3.30. The molecule has 2 radical (unpaired) electrons. The molecule has 0 rings (SSSR count). The number of thiocarbonyl (C=S) groups is 1. The molecule has 0 aromatic carbocycles. The second-order valence-corrected chi connectivity index (χ2v) is 1.25. The van der Waals surface area contributed by atoms with Crippen LogP contribution < -0.4 is 0 Å². The lowest BCUT2D eigenvalue weighted by Gasteiger charge is -1.61. The van der Waals surface area contributed by atoms with Crippen molar-refractivity contribution in [2.45, 2.75) is 6.92 Å². The molecule has 0 aromatic heterocycles. The molecular formula is C2H3BS. The Morgan fingerprint density at radius 2 is 2.00 bits per heavy atom. The molecule has 0 unspecified atom stereocenters. The zero-order chi connectivity index (χ0) is 3.58. The average molecular weight is 69.9 g/mol. The van der Waals surface area contributed by atoms with Gasteiger partial charge in [0.1, 0.15) is 7.85 Å². The van der Waals surface area contributed by atoms with Gasteiger partial charge in [-0.3, -0.25) is 0 Å². The molecule has 20 valence electrons. The van der Waals surface area contributed by atoms with Gasteiger partial charge < -0.3 is 0 Å². The number of rotatable bonds is 0. The van der Waals surface area contributed by atoms with Gasteiger partial charge in [-0.2, -0.15) is 0 Å². The van der Waals surface area contributed by atoms with Crippen molar-refractivity contribution in [1.29, 1.82) is 0 Å². The monoisotopic (exact) mass is 70.0 g/mol. The van der Waals surface area contributed by atoms with Gasteiger partial charge in [-0.25, -0.2) is 0 Å². The minimum absolute atomic E-state index is 0.500. The molecule has 0 N–H and O–H groups in total. The van der Waals surface area contributed by atoms with Gasteiger partial charge in [0, 0.05) is 0 Å². The van der Waals surface area contributed by atoms with Gasteiger partial charge in [0.15, 0.2) is 0 Å². The highest BCUT2D eigenvalue weighted by atomic mass is 32.1. The van der Waals surface area contributed by atoms with Gasteiger partial charge in [0.05, 0.1) is 0 Å². The standard InChI is InChI=1S/C2H3BS/c1-2(3)4/h1H3. The van der Waals surface area contributed by atoms with Crippen molar-refractivity contribution in [3.8, 4) is 0 Å². The molecule has 0 aliphatic heterocycles. The van der Waals surface area contributed by atoms with Gasteiger partial charge in [-0.05, 0) is 6.92 Å². The molecule has 0 aliphatic rings. The van der Waals surface area contributed by atoms with Gasteiger partial charge in [0.25, 0.3) is 0 Å². The predicted octanol–water partition coefficient (Wildman–Crippen LogP) is 0.502. The van der Waals surface area contributed by atoms with Crippen LogP contribution in [0.15, 0.2) is 0 Å². The summed E-state index contributed by atoms with van der Waals surface area (Å²) in [5.41, 5.74) is 0. The van der Waals surface area contributed by atoms with E-state index in [4.69, 9.17) is 7.85 Å². The molecule has 0 atom stereocenters. The van der Waals surface area contributed by atoms with Gasteiger partial charge >= 0.3 is 0 Å². The first-order valence-corrected chi connectivity index (χ1v) is 1.40. The highest BCUT2D eigenvalue weighted by Crippen LogP contribution is 1.53. The zero-order valence-electron chi connectivity index (χ0n) is 2.49. The van der Waals surface area contributed by atoms with E-state index in [2.05, 4.69) is 12.2 Å². The Bertz CT molecular complexity index is 29.0. The summed E-state index contributed by atoms with van der Waals surface area (Å²) < 4.78 is 0.500. The lowest BCUT2D eigenvalue weighted by atomic mass is 10.1. The first-order valence-electron chi connectivity index (χ1n) is 0.993. The third kappa shape index (κ3) is 120. The SMILES string of the molecule is [B]C(C)=S. The third-order valence-corrected chi connectivity index (χ3v) is 0. The van der Waals surface area contributed by atoms with Gasteiger partial charge in [-0.1, -0.05) is 4.76 Å². The maximum Gasteiger partial charge on any atom is 0.123 e. The van der Waals surface area contributed by atoms with Crippen molar-refractivity contribution in [2.24, 2.45) is 0 Å². The van der Waals surface area contributed by atoms with E-state index in [-0.39, 0.29) is 0 Å². The van der Waals surface area contributed by atoms with Crippen molar-refractivity contribution >= 4 is 24.8 Å². The second kappa shape index (κ2) is 1.47. The van der Waals surface area contributed by atoms with E-state index in [1.54, 1.807) is 6.92 Å². The summed E-state index contributed by atoms with van der Waals surface area (Å²) in [6.07, 6.45) is 0. The largest absolute Gasteiger partial charge is 0.123 e. The predicted molar refractivity (Wildman–Crippen MR) is 24.0 cm³/mol. The summed E-state index contributed by atoms with van der Waals surface area (Å²) in [5.74, 6) is 0. The number of hydrogen-bond donors (Lipinski definition) is 0. The molecule has 0 heterocycles. The van der Waals surface area contributed by atoms with E-state index in [0.717, 1.165) is 0 Å². The van der Waals surface area contributed by atoms with Crippen molar-refractivity contribution in [3.05, 3.63) is 0 Å². The number of hydrogen-bond acceptors (Lipinski definition) is 1. The summed E-state index contributed by atoms with van der Waals surface area (Å²) in [6, 6.07) is 0. The molecule has 4 heavy (non-hydrogen) atoms. The molecule has 0 amide bonds. The van der Waals surface area contributed by atoms with Crippen LogP contribution in [0, 0.1) is 0 Å². The molecular weight excluding hydrogens is 66.9 g/mol. The molecule has 0 bridgehead atoms. The van der Waals surface area contributed by atoms with E-state index in [1.165, 1.54) is 0 Å². The van der Waals surface area contributed by atoms with Crippen molar-refractivity contribution < 1.29 is 0 Å². The summed E-state index contributed by atoms with van der Waals surface area (Å²) in [5, 5.41) is 0. The topological polar surface area (TPSA) is 0 Å². The first kappa shape index (κ1) is 4.15. The molecule has 0 aliphatic carbocycles. The Kier molecular flexibility index (Phi) is 1.53. The van der Waals surface area contributed by atoms with E-state index in [9.17, 15) is 0 Å². The lowest BCUT2D eigenvalue weighted by Crippen LogP contribution is -1.75. The van der Waals surface area contributed by atoms with Crippen LogP contribution in [0.5, 0.6) is 0 Å². The lowest BCUT2D eigenvalue weighted by molar-refractivity contribution is 2.11. The summed E-state index contributed by atoms with van der Waals surface area (Å²) >= 11 is 4.31. The molecule has 0 spiro atoms. The van der Waals surface area contributed by atoms with Crippen LogP contribution in [-0.2, 0) is 0 Å². The Morgan fingerprint density at radius 1 is 2.00 bits per heavy atom. The molecule has 0 saturated heterocycles. The van der Waals surface area contributed by atoms with Gasteiger partial charge in [-0.15, -0.1) is 12.2 Å². The average Bonchev–Trinajstić information content (AvgIpc) is 0.811. The first-order chi connectivity index (χ1) is 1.73. The van der Waals surface area contributed by atoms with Crippen LogP contribution in [0.25, 0.3) is 0 Å². The van der Waals surface area contributed by atoms with Crippen LogP contribution in [-0.4, -0.2) is 12.6 Å². The van der Waals surface area contributed by atoms with Crippen LogP contribution in [0.3, 0.4) is 0 Å². The molecule has 0 nitrogen and oxygen atoms in total. The molecule has 0 fully saturated rings. The third-order valence-electron chi connectivity index (χ3n) is 0. The van der Waals surface area contributed by atoms with E-state index in [1.807, 2.05) is 0 Å². The maximum absolute atomic E-state index is 4.84. The van der Waals surface area contributed by atoms with Crippen LogP contribution in [0.1, 0.15) is 6.92 Å². The van der Waals surface area contributed by atoms with Crippen LogP contribution in [0.4, 0.5) is 0 Å². The van der Waals surface area contributed by atoms with Crippen molar-refractivity contribution in [3.63, 3.8) is 0 Å². The molecule has 0 aromatic rings. The van der Waals surface area contributed by atoms with Gasteiger partial charge in [0.2, 0.25) is 0 Å². The summed E-state index contributed by atoms with van der Waals surface area (Å²) in [7, 11) is 4.84. The normalized spacial score (nSPS) is 6.25. The minimum Gasteiger partial charge on any atom is -0.102 e. The Labute approximate surface area is 32.6 Å². The molecule has 2 heteroatoms. The van der Waals surface area contributed by atoms with Crippen LogP contribution in [0.2, 0.25) is 0 Å². The Hall–Kier alpha value is 0.155. The fraction of sp³-hybridized carbons (Fsp3) is 0.500. The highest BCUT2D eigenvalue weighted by Gasteiger charge is 1.56. The minimum atomic E-state index is 0.500. The summed E-state index contributed by atoms with van der Waals surface area (Å²) in [4.78, 5) is 0. The Morgan fingerprint density at radius 3 is 2.00 bits per heavy atom. The fourth-order valence-electron chi connectivity index (χ4n) is 0. The van der Waals surface area contributed by atoms with Crippen LogP contribution >= 0.6 is 12.2 Å². The van der Waals surface area contributed by atoms with Crippen molar-refractivity contribution in [1.82, 2.24) is 0 Å². The maximum atomic E-state index is 4.84. The quantitative estimate of drug-likeness (QED) is 0.295. The highest BCUT2D eigenvalue weighted by molar-refractivity contribution is 7.82. The van der Waals surface area contributed by atoms with E-state index in [0.29, 0.717) is 4.76 Å². The van der Waals surface area contributed by atoms with Crippen molar-refractivity contribution in [2.75, 3.05) is 0 Å². The Balaban J connectivity index is 2.80. The smallest absolute Gasteiger partial charge is 0.102 e. The second-order valence-electron chi connectivity index (χ2n) is 0.611. The van der Waals surface area contributed by atoms with E-state index < -0.39 is 0 Å². The molecule has 0 saturated carbocycles.